The van der Waals surface area contributed by atoms with Crippen LogP contribution in [0.5, 0.6) is 0 Å². The Morgan fingerprint density at radius 1 is 1.25 bits per heavy atom. The van der Waals surface area contributed by atoms with Crippen LogP contribution in [-0.2, 0) is 23.7 Å². The normalized spacial score (nSPS) is 11.6. The summed E-state index contributed by atoms with van der Waals surface area (Å²) in [6.45, 7) is 1.94. The lowest BCUT2D eigenvalue weighted by Crippen LogP contribution is -2.30. The maximum atomic E-state index is 12.7. The van der Waals surface area contributed by atoms with E-state index in [0.29, 0.717) is 17.9 Å². The highest BCUT2D eigenvalue weighted by Gasteiger charge is 2.25. The first-order valence-corrected chi connectivity index (χ1v) is 7.78. The van der Waals surface area contributed by atoms with Crippen LogP contribution in [0.2, 0.25) is 0 Å². The molecule has 6 heteroatoms. The van der Waals surface area contributed by atoms with Crippen LogP contribution in [0.25, 0.3) is 0 Å². The quantitative estimate of drug-likeness (QED) is 0.913. The zero-order valence-electron chi connectivity index (χ0n) is 11.5. The summed E-state index contributed by atoms with van der Waals surface area (Å²) in [5.41, 5.74) is 1.19. The average Bonchev–Trinajstić information content (AvgIpc) is 2.82. The van der Waals surface area contributed by atoms with Gasteiger partial charge in [0.15, 0.2) is 0 Å². The first-order valence-electron chi connectivity index (χ1n) is 6.34. The van der Waals surface area contributed by atoms with Gasteiger partial charge in [-0.2, -0.15) is 0 Å². The van der Waals surface area contributed by atoms with Crippen molar-refractivity contribution in [2.45, 2.75) is 18.4 Å². The zero-order chi connectivity index (χ0) is 14.8. The highest BCUT2D eigenvalue weighted by molar-refractivity contribution is 7.92. The molecule has 1 heterocycles. The number of sulfonamides is 1. The Morgan fingerprint density at radius 3 is 2.40 bits per heavy atom. The molecule has 0 aliphatic heterocycles. The van der Waals surface area contributed by atoms with Crippen molar-refractivity contribution in [1.82, 2.24) is 4.57 Å². The number of nitrogens with zero attached hydrogens (tertiary/aromatic N) is 2. The maximum Gasteiger partial charge on any atom is 0.265 e. The highest BCUT2D eigenvalue weighted by atomic mass is 32.2. The second-order valence-corrected chi connectivity index (χ2v) is 6.30. The van der Waals surface area contributed by atoms with E-state index in [2.05, 4.69) is 0 Å². The van der Waals surface area contributed by atoms with Crippen molar-refractivity contribution in [3.8, 4) is 0 Å². The number of rotatable bonds is 5. The topological polar surface area (TPSA) is 62.5 Å². The Bertz CT molecular complexity index is 678. The molecule has 1 aromatic heterocycles. The molecule has 20 heavy (non-hydrogen) atoms. The van der Waals surface area contributed by atoms with Gasteiger partial charge in [-0.3, -0.25) is 4.31 Å². The molecule has 5 nitrogen and oxygen atoms in total. The number of benzene rings is 1. The van der Waals surface area contributed by atoms with Gasteiger partial charge in [0.2, 0.25) is 0 Å². The Balaban J connectivity index is 2.47. The van der Waals surface area contributed by atoms with E-state index in [-0.39, 0.29) is 11.5 Å². The number of anilines is 1. The van der Waals surface area contributed by atoms with Crippen LogP contribution in [0.3, 0.4) is 0 Å². The Morgan fingerprint density at radius 2 is 1.90 bits per heavy atom. The molecule has 0 bridgehead atoms. The van der Waals surface area contributed by atoms with Crippen molar-refractivity contribution in [3.05, 3.63) is 48.3 Å². The fourth-order valence-electron chi connectivity index (χ4n) is 2.09. The molecule has 2 rings (SSSR count). The number of hydrogen-bond acceptors (Lipinski definition) is 3. The van der Waals surface area contributed by atoms with Gasteiger partial charge in [-0.1, -0.05) is 18.2 Å². The molecule has 1 N–H and O–H groups in total. The number of aryl methyl sites for hydroxylation is 1. The molecule has 0 saturated heterocycles. The van der Waals surface area contributed by atoms with Crippen LogP contribution in [-0.4, -0.2) is 24.6 Å². The summed E-state index contributed by atoms with van der Waals surface area (Å²) in [5.74, 6) is 0. The molecule has 0 aliphatic rings. The standard InChI is InChI=1S/C14H18N2O3S/c1-3-16(12-7-5-4-6-8-12)20(18,19)14-9-13(11-17)15(2)10-14/h4-10,17H,3,11H2,1-2H3. The van der Waals surface area contributed by atoms with Gasteiger partial charge in [-0.05, 0) is 25.1 Å². The van der Waals surface area contributed by atoms with Crippen LogP contribution >= 0.6 is 0 Å². The highest BCUT2D eigenvalue weighted by Crippen LogP contribution is 2.24. The second kappa shape index (κ2) is 5.68. The lowest BCUT2D eigenvalue weighted by molar-refractivity contribution is 0.272. The van der Waals surface area contributed by atoms with Gasteiger partial charge in [0.1, 0.15) is 4.90 Å². The molecule has 108 valence electrons. The average molecular weight is 294 g/mol. The Labute approximate surface area is 119 Å². The molecule has 0 aliphatic carbocycles. The van der Waals surface area contributed by atoms with Crippen molar-refractivity contribution in [2.75, 3.05) is 10.8 Å². The molecule has 1 aromatic carbocycles. The predicted molar refractivity (Wildman–Crippen MR) is 78.0 cm³/mol. The predicted octanol–water partition coefficient (Wildman–Crippen LogP) is 1.73. The van der Waals surface area contributed by atoms with Crippen molar-refractivity contribution >= 4 is 15.7 Å². The molecular formula is C14H18N2O3S. The molecule has 0 spiro atoms. The van der Waals surface area contributed by atoms with Crippen molar-refractivity contribution < 1.29 is 13.5 Å². The molecule has 0 radical (unpaired) electrons. The first kappa shape index (κ1) is 14.6. The van der Waals surface area contributed by atoms with E-state index < -0.39 is 10.0 Å². The maximum absolute atomic E-state index is 12.7. The van der Waals surface area contributed by atoms with Gasteiger partial charge in [0, 0.05) is 25.5 Å². The lowest BCUT2D eigenvalue weighted by Gasteiger charge is -2.22. The summed E-state index contributed by atoms with van der Waals surface area (Å²) >= 11 is 0. The van der Waals surface area contributed by atoms with E-state index >= 15 is 0 Å². The summed E-state index contributed by atoms with van der Waals surface area (Å²) in [6, 6.07) is 10.5. The third kappa shape index (κ3) is 2.57. The largest absolute Gasteiger partial charge is 0.390 e. The molecule has 0 fully saturated rings. The number of aliphatic hydroxyl groups excluding tert-OH is 1. The first-order chi connectivity index (χ1) is 9.50. The van der Waals surface area contributed by atoms with E-state index in [0.717, 1.165) is 0 Å². The summed E-state index contributed by atoms with van der Waals surface area (Å²) in [5, 5.41) is 9.18. The van der Waals surface area contributed by atoms with E-state index in [1.807, 2.05) is 6.07 Å². The Hall–Kier alpha value is -1.79. The minimum absolute atomic E-state index is 0.190. The van der Waals surface area contributed by atoms with Crippen LogP contribution in [0.15, 0.2) is 47.5 Å². The van der Waals surface area contributed by atoms with Crippen molar-refractivity contribution in [3.63, 3.8) is 0 Å². The van der Waals surface area contributed by atoms with Gasteiger partial charge in [0.25, 0.3) is 10.0 Å². The molecule has 0 unspecified atom stereocenters. The van der Waals surface area contributed by atoms with Crippen molar-refractivity contribution in [1.29, 1.82) is 0 Å². The van der Waals surface area contributed by atoms with Crippen LogP contribution in [0.4, 0.5) is 5.69 Å². The summed E-state index contributed by atoms with van der Waals surface area (Å²) in [4.78, 5) is 0.190. The van der Waals surface area contributed by atoms with Gasteiger partial charge < -0.3 is 9.67 Å². The van der Waals surface area contributed by atoms with Crippen molar-refractivity contribution in [2.24, 2.45) is 7.05 Å². The number of aliphatic hydroxyl groups is 1. The lowest BCUT2D eigenvalue weighted by atomic mass is 10.3. The summed E-state index contributed by atoms with van der Waals surface area (Å²) < 4.78 is 28.3. The second-order valence-electron chi connectivity index (χ2n) is 4.44. The number of para-hydroxylation sites is 1. The summed E-state index contributed by atoms with van der Waals surface area (Å²) in [7, 11) is -1.90. The van der Waals surface area contributed by atoms with Gasteiger partial charge in [-0.15, -0.1) is 0 Å². The zero-order valence-corrected chi connectivity index (χ0v) is 12.3. The van der Waals surface area contributed by atoms with Gasteiger partial charge >= 0.3 is 0 Å². The van der Waals surface area contributed by atoms with Crippen LogP contribution in [0, 0.1) is 0 Å². The summed E-state index contributed by atoms with van der Waals surface area (Å²) in [6.07, 6.45) is 1.52. The minimum atomic E-state index is -3.61. The number of aromatic nitrogens is 1. The van der Waals surface area contributed by atoms with E-state index in [1.54, 1.807) is 42.8 Å². The SMILES string of the molecule is CCN(c1ccccc1)S(=O)(=O)c1cc(CO)n(C)c1. The minimum Gasteiger partial charge on any atom is -0.390 e. The van der Waals surface area contributed by atoms with Gasteiger partial charge in [-0.25, -0.2) is 8.42 Å². The van der Waals surface area contributed by atoms with Gasteiger partial charge in [0.05, 0.1) is 12.3 Å². The third-order valence-corrected chi connectivity index (χ3v) is 5.03. The van der Waals surface area contributed by atoms with Crippen LogP contribution < -0.4 is 4.31 Å². The third-order valence-electron chi connectivity index (χ3n) is 3.16. The van der Waals surface area contributed by atoms with E-state index in [9.17, 15) is 13.5 Å². The molecule has 0 saturated carbocycles. The monoisotopic (exact) mass is 294 g/mol. The molecule has 0 atom stereocenters. The molecule has 2 aromatic rings. The smallest absolute Gasteiger partial charge is 0.265 e. The molecule has 0 amide bonds. The number of hydrogen-bond donors (Lipinski definition) is 1. The van der Waals surface area contributed by atoms with Crippen LogP contribution in [0.1, 0.15) is 12.6 Å². The fraction of sp³-hybridized carbons (Fsp3) is 0.286. The fourth-order valence-corrected chi connectivity index (χ4v) is 3.66. The van der Waals surface area contributed by atoms with E-state index in [1.165, 1.54) is 16.6 Å². The van der Waals surface area contributed by atoms with E-state index in [4.69, 9.17) is 0 Å². The molecular weight excluding hydrogens is 276 g/mol. The Kier molecular flexibility index (Phi) is 4.15.